The van der Waals surface area contributed by atoms with Crippen LogP contribution in [0.1, 0.15) is 93.5 Å². The molecule has 7 atom stereocenters. The number of nitrogens with zero attached hydrogens (tertiary/aromatic N) is 6. The maximum absolute atomic E-state index is 13.8. The first-order valence-corrected chi connectivity index (χ1v) is 24.1. The Bertz CT molecular complexity index is 2160. The average Bonchev–Trinajstić information content (AvgIpc) is 3.76. The van der Waals surface area contributed by atoms with Gasteiger partial charge in [-0.2, -0.15) is 5.01 Å². The normalized spacial score (nSPS) is 34.2. The van der Waals surface area contributed by atoms with Gasteiger partial charge in [-0.05, 0) is 113 Å². The van der Waals surface area contributed by atoms with Crippen LogP contribution in [0, 0.1) is 11.3 Å². The number of imide groups is 1. The number of anilines is 3. The standard InChI is InChI=1S/C48H65N11O5/c1-47(64)18-3-2-4-21-58-45(63)37-27-49-46(53-42(37)59(58)40-7-5-6-39(47)51-40)50-32-9-12-33(13-10-32)54-22-24-55(25-23-54)34-16-19-48(20-17-34)29-56(30-48)35-11-8-31-28-57(44(62)36(31)26-35)38-14-15-41(60)52-43(38)61/h2,4,8-13,26,34,37-40,42,46,49-51,53,64H,3,5-7,14-25,27-30H2,1H3,(H,52,60,61)/b4-2-/t37?,38?,39?,40?,42?,46?,47-/m1/s1. The van der Waals surface area contributed by atoms with Crippen molar-refractivity contribution in [1.82, 2.24) is 41.1 Å². The number of benzene rings is 2. The van der Waals surface area contributed by atoms with E-state index in [2.05, 4.69) is 88.8 Å². The summed E-state index contributed by atoms with van der Waals surface area (Å²) in [6.45, 7) is 9.68. The number of aliphatic hydroxyl groups is 1. The van der Waals surface area contributed by atoms with Crippen LogP contribution in [0.5, 0.6) is 0 Å². The molecule has 342 valence electrons. The summed E-state index contributed by atoms with van der Waals surface area (Å²) >= 11 is 0. The highest BCUT2D eigenvalue weighted by molar-refractivity contribution is 6.05. The first-order chi connectivity index (χ1) is 31.0. The molecule has 2 aromatic rings. The van der Waals surface area contributed by atoms with Crippen LogP contribution < -0.4 is 36.4 Å². The number of amides is 4. The van der Waals surface area contributed by atoms with Crippen molar-refractivity contribution in [2.75, 3.05) is 67.5 Å². The van der Waals surface area contributed by atoms with Gasteiger partial charge in [-0.1, -0.05) is 18.2 Å². The summed E-state index contributed by atoms with van der Waals surface area (Å²) in [7, 11) is 0. The average molecular weight is 876 g/mol. The Morgan fingerprint density at radius 2 is 1.61 bits per heavy atom. The number of carbonyl (C=O) groups excluding carboxylic acids is 4. The van der Waals surface area contributed by atoms with Crippen LogP contribution >= 0.6 is 0 Å². The van der Waals surface area contributed by atoms with E-state index in [1.54, 1.807) is 4.90 Å². The lowest BCUT2D eigenvalue weighted by atomic mass is 9.67. The van der Waals surface area contributed by atoms with Crippen molar-refractivity contribution >= 4 is 40.7 Å². The molecule has 4 amide bonds. The molecule has 2 aromatic carbocycles. The van der Waals surface area contributed by atoms with Crippen molar-refractivity contribution in [2.24, 2.45) is 11.3 Å². The van der Waals surface area contributed by atoms with Gasteiger partial charge in [0.25, 0.3) is 5.91 Å². The molecule has 6 N–H and O–H groups in total. The predicted molar refractivity (Wildman–Crippen MR) is 243 cm³/mol. The monoisotopic (exact) mass is 876 g/mol. The summed E-state index contributed by atoms with van der Waals surface area (Å²) < 4.78 is 0. The number of piperazine rings is 1. The van der Waals surface area contributed by atoms with Crippen molar-refractivity contribution in [3.63, 3.8) is 0 Å². The Kier molecular flexibility index (Phi) is 11.0. The smallest absolute Gasteiger partial charge is 0.255 e. The Hall–Kier alpha value is -4.58. The lowest BCUT2D eigenvalue weighted by Crippen LogP contribution is -2.69. The lowest BCUT2D eigenvalue weighted by Gasteiger charge is -2.56. The van der Waals surface area contributed by atoms with Gasteiger partial charge in [0.1, 0.15) is 12.3 Å². The molecule has 2 bridgehead atoms. The van der Waals surface area contributed by atoms with Gasteiger partial charge in [-0.3, -0.25) is 50.4 Å². The minimum absolute atomic E-state index is 0.0180. The zero-order chi connectivity index (χ0) is 43.7. The summed E-state index contributed by atoms with van der Waals surface area (Å²) in [5.74, 6) is -0.806. The second kappa shape index (κ2) is 16.7. The minimum atomic E-state index is -0.806. The van der Waals surface area contributed by atoms with Crippen molar-refractivity contribution in [3.8, 4) is 0 Å². The summed E-state index contributed by atoms with van der Waals surface area (Å²) in [5, 5.41) is 32.6. The zero-order valence-electron chi connectivity index (χ0n) is 37.1. The van der Waals surface area contributed by atoms with E-state index in [4.69, 9.17) is 0 Å². The molecule has 16 heteroatoms. The number of nitrogens with one attached hydrogen (secondary N) is 5. The molecule has 1 aliphatic carbocycles. The maximum Gasteiger partial charge on any atom is 0.255 e. The van der Waals surface area contributed by atoms with Crippen molar-refractivity contribution in [1.29, 1.82) is 0 Å². The molecule has 0 aromatic heterocycles. The summed E-state index contributed by atoms with van der Waals surface area (Å²) in [6, 6.07) is 15.0. The summed E-state index contributed by atoms with van der Waals surface area (Å²) in [4.78, 5) is 60.7. The van der Waals surface area contributed by atoms with E-state index in [1.165, 1.54) is 31.4 Å². The fourth-order valence-electron chi connectivity index (χ4n) is 12.6. The maximum atomic E-state index is 13.8. The quantitative estimate of drug-likeness (QED) is 0.185. The third-order valence-corrected chi connectivity index (χ3v) is 16.4. The fourth-order valence-corrected chi connectivity index (χ4v) is 12.6. The van der Waals surface area contributed by atoms with E-state index >= 15 is 0 Å². The van der Waals surface area contributed by atoms with Gasteiger partial charge in [0.05, 0.1) is 30.4 Å². The third kappa shape index (κ3) is 7.77. The molecule has 11 rings (SSSR count). The largest absolute Gasteiger partial charge is 0.389 e. The molecule has 7 fully saturated rings. The summed E-state index contributed by atoms with van der Waals surface area (Å²) in [5.41, 5.74) is 4.52. The van der Waals surface area contributed by atoms with Crippen LogP contribution in [0.4, 0.5) is 17.1 Å². The second-order valence-electron chi connectivity index (χ2n) is 20.4. The summed E-state index contributed by atoms with van der Waals surface area (Å²) in [6.07, 6.45) is 13.7. The number of hydrogen-bond donors (Lipinski definition) is 6. The first kappa shape index (κ1) is 42.1. The lowest BCUT2D eigenvalue weighted by molar-refractivity contribution is -0.146. The molecule has 8 heterocycles. The second-order valence-corrected chi connectivity index (χ2v) is 20.4. The molecule has 8 aliphatic heterocycles. The van der Waals surface area contributed by atoms with Gasteiger partial charge in [0.2, 0.25) is 17.7 Å². The van der Waals surface area contributed by atoms with Crippen molar-refractivity contribution in [3.05, 3.63) is 65.7 Å². The highest BCUT2D eigenvalue weighted by Gasteiger charge is 2.53. The molecule has 16 nitrogen and oxygen atoms in total. The number of piperidine rings is 2. The van der Waals surface area contributed by atoms with Crippen LogP contribution in [0.3, 0.4) is 0 Å². The van der Waals surface area contributed by atoms with Crippen molar-refractivity contribution < 1.29 is 24.3 Å². The molecule has 9 aliphatic rings. The van der Waals surface area contributed by atoms with Gasteiger partial charge in [0, 0.05) is 98.9 Å². The molecule has 6 unspecified atom stereocenters. The molecular formula is C48H65N11O5. The number of rotatable bonds is 6. The van der Waals surface area contributed by atoms with E-state index in [9.17, 15) is 24.3 Å². The number of hydrazine groups is 1. The predicted octanol–water partition coefficient (Wildman–Crippen LogP) is 2.48. The molecule has 6 saturated heterocycles. The van der Waals surface area contributed by atoms with Gasteiger partial charge < -0.3 is 25.1 Å². The van der Waals surface area contributed by atoms with Gasteiger partial charge in [0.15, 0.2) is 0 Å². The minimum Gasteiger partial charge on any atom is -0.389 e. The molecule has 1 spiro atoms. The number of fused-ring (bicyclic) bond motifs is 7. The van der Waals surface area contributed by atoms with Gasteiger partial charge >= 0.3 is 0 Å². The van der Waals surface area contributed by atoms with E-state index < -0.39 is 11.6 Å². The topological polar surface area (TPSA) is 168 Å². The van der Waals surface area contributed by atoms with Crippen LogP contribution in [0.25, 0.3) is 0 Å². The molecule has 1 saturated carbocycles. The van der Waals surface area contributed by atoms with Crippen LogP contribution in [0.2, 0.25) is 0 Å². The van der Waals surface area contributed by atoms with Gasteiger partial charge in [-0.25, -0.2) is 0 Å². The van der Waals surface area contributed by atoms with E-state index in [1.807, 2.05) is 24.1 Å². The van der Waals surface area contributed by atoms with Crippen LogP contribution in [-0.4, -0.2) is 143 Å². The number of hydrogen-bond acceptors (Lipinski definition) is 13. The van der Waals surface area contributed by atoms with E-state index in [0.29, 0.717) is 49.5 Å². The highest BCUT2D eigenvalue weighted by Crippen LogP contribution is 2.47. The van der Waals surface area contributed by atoms with E-state index in [0.717, 1.165) is 81.9 Å². The Morgan fingerprint density at radius 1 is 0.828 bits per heavy atom. The Balaban J connectivity index is 0.644. The zero-order valence-corrected chi connectivity index (χ0v) is 37.1. The molecule has 64 heavy (non-hydrogen) atoms. The Labute approximate surface area is 376 Å². The van der Waals surface area contributed by atoms with Crippen LogP contribution in [-0.2, 0) is 20.9 Å². The SMILES string of the molecule is C[C@@]1(O)CC/C=C\CN2C(=O)C3CNC(Nc4ccc(N5CCN(C6CCC7(CC6)CN(c6ccc8c(c6)C(=O)N(C6CCC(=O)NC6=O)C8)C7)CC5)cc4)NC3N2C2CCCC1N2. The number of carbonyl (C=O) groups is 4. The number of allylic oxidation sites excluding steroid dienone is 1. The molecular weight excluding hydrogens is 811 g/mol. The first-order valence-electron chi connectivity index (χ1n) is 24.1. The highest BCUT2D eigenvalue weighted by atomic mass is 16.3. The molecule has 0 radical (unpaired) electrons. The van der Waals surface area contributed by atoms with Gasteiger partial charge in [-0.15, -0.1) is 0 Å². The Morgan fingerprint density at radius 3 is 2.39 bits per heavy atom. The van der Waals surface area contributed by atoms with Crippen LogP contribution in [0.15, 0.2) is 54.6 Å². The fraction of sp³-hybridized carbons (Fsp3) is 0.625. The van der Waals surface area contributed by atoms with E-state index in [-0.39, 0.29) is 60.6 Å². The van der Waals surface area contributed by atoms with Crippen molar-refractivity contribution in [2.45, 2.75) is 126 Å². The third-order valence-electron chi connectivity index (χ3n) is 16.4.